The number of rotatable bonds is 6. The highest BCUT2D eigenvalue weighted by atomic mass is 79.9. The number of aromatic nitrogens is 2. The summed E-state index contributed by atoms with van der Waals surface area (Å²) in [5.41, 5.74) is 0.904. The fraction of sp³-hybridized carbons (Fsp3) is 0.357. The van der Waals surface area contributed by atoms with Gasteiger partial charge in [0.1, 0.15) is 5.75 Å². The number of nitrogens with zero attached hydrogens (tertiary/aromatic N) is 2. The molecule has 0 bridgehead atoms. The highest BCUT2D eigenvalue weighted by Gasteiger charge is 2.11. The molecular weight excluding hydrogens is 322 g/mol. The van der Waals surface area contributed by atoms with Crippen LogP contribution in [0.2, 0.25) is 0 Å². The first-order valence-corrected chi connectivity index (χ1v) is 7.07. The lowest BCUT2D eigenvalue weighted by molar-refractivity contribution is 0.163. The number of hydrogen-bond donors (Lipinski definition) is 1. The SMILES string of the molecule is COCC(C)n1ccnc1Nc1cc(OC)ccc1Br. The van der Waals surface area contributed by atoms with Crippen molar-refractivity contribution < 1.29 is 9.47 Å². The van der Waals surface area contributed by atoms with Gasteiger partial charge in [-0.05, 0) is 35.0 Å². The number of anilines is 2. The minimum Gasteiger partial charge on any atom is -0.497 e. The van der Waals surface area contributed by atoms with E-state index in [0.29, 0.717) is 6.61 Å². The molecule has 0 fully saturated rings. The Labute approximate surface area is 127 Å². The predicted molar refractivity (Wildman–Crippen MR) is 82.8 cm³/mol. The fourth-order valence-electron chi connectivity index (χ4n) is 1.93. The Bertz CT molecular complexity index is 571. The van der Waals surface area contributed by atoms with Crippen molar-refractivity contribution in [2.24, 2.45) is 0 Å². The lowest BCUT2D eigenvalue weighted by atomic mass is 10.3. The highest BCUT2D eigenvalue weighted by molar-refractivity contribution is 9.10. The molecule has 1 atom stereocenters. The van der Waals surface area contributed by atoms with Crippen LogP contribution in [0.5, 0.6) is 5.75 Å². The van der Waals surface area contributed by atoms with E-state index in [2.05, 4.69) is 33.2 Å². The van der Waals surface area contributed by atoms with Crippen molar-refractivity contribution in [3.63, 3.8) is 0 Å². The third kappa shape index (κ3) is 3.32. The van der Waals surface area contributed by atoms with E-state index in [1.807, 2.05) is 29.0 Å². The zero-order chi connectivity index (χ0) is 14.5. The molecule has 0 amide bonds. The molecule has 1 aromatic carbocycles. The number of nitrogens with one attached hydrogen (secondary N) is 1. The molecular formula is C14H18BrN3O2. The number of halogens is 1. The Morgan fingerprint density at radius 1 is 1.40 bits per heavy atom. The second kappa shape index (κ2) is 6.76. The van der Waals surface area contributed by atoms with Gasteiger partial charge in [-0.2, -0.15) is 0 Å². The average molecular weight is 340 g/mol. The second-order valence-electron chi connectivity index (χ2n) is 4.43. The van der Waals surface area contributed by atoms with Crippen LogP contribution >= 0.6 is 15.9 Å². The van der Waals surface area contributed by atoms with Crippen molar-refractivity contribution in [3.05, 3.63) is 35.1 Å². The summed E-state index contributed by atoms with van der Waals surface area (Å²) >= 11 is 3.52. The van der Waals surface area contributed by atoms with Gasteiger partial charge >= 0.3 is 0 Å². The summed E-state index contributed by atoms with van der Waals surface area (Å²) in [4.78, 5) is 4.35. The van der Waals surface area contributed by atoms with Crippen LogP contribution in [-0.4, -0.2) is 30.4 Å². The minimum atomic E-state index is 0.203. The van der Waals surface area contributed by atoms with E-state index in [1.165, 1.54) is 0 Å². The standard InChI is InChI=1S/C14H18BrN3O2/c1-10(9-19-2)18-7-6-16-14(18)17-13-8-11(20-3)4-5-12(13)15/h4-8,10H,9H2,1-3H3,(H,16,17). The van der Waals surface area contributed by atoms with E-state index in [0.717, 1.165) is 21.9 Å². The molecule has 0 saturated carbocycles. The number of ether oxygens (including phenoxy) is 2. The van der Waals surface area contributed by atoms with Crippen LogP contribution in [-0.2, 0) is 4.74 Å². The molecule has 0 aliphatic heterocycles. The second-order valence-corrected chi connectivity index (χ2v) is 5.29. The van der Waals surface area contributed by atoms with Gasteiger partial charge in [0.05, 0.1) is 25.4 Å². The Kier molecular flexibility index (Phi) is 5.03. The molecule has 1 N–H and O–H groups in total. The van der Waals surface area contributed by atoms with E-state index in [1.54, 1.807) is 20.4 Å². The maximum absolute atomic E-state index is 5.24. The van der Waals surface area contributed by atoms with Crippen molar-refractivity contribution in [1.82, 2.24) is 9.55 Å². The van der Waals surface area contributed by atoms with Crippen LogP contribution in [0.1, 0.15) is 13.0 Å². The third-order valence-corrected chi connectivity index (χ3v) is 3.66. The highest BCUT2D eigenvalue weighted by Crippen LogP contribution is 2.30. The Morgan fingerprint density at radius 3 is 2.90 bits per heavy atom. The molecule has 0 aliphatic rings. The number of benzene rings is 1. The van der Waals surface area contributed by atoms with Crippen molar-refractivity contribution in [3.8, 4) is 5.75 Å². The zero-order valence-corrected chi connectivity index (χ0v) is 13.3. The minimum absolute atomic E-state index is 0.203. The van der Waals surface area contributed by atoms with Gasteiger partial charge in [-0.1, -0.05) is 0 Å². The molecule has 0 radical (unpaired) electrons. The third-order valence-electron chi connectivity index (χ3n) is 2.97. The largest absolute Gasteiger partial charge is 0.497 e. The summed E-state index contributed by atoms with van der Waals surface area (Å²) < 4.78 is 13.4. The molecule has 2 aromatic rings. The molecule has 6 heteroatoms. The first-order chi connectivity index (χ1) is 9.65. The molecule has 1 unspecified atom stereocenters. The van der Waals surface area contributed by atoms with Gasteiger partial charge in [0.25, 0.3) is 0 Å². The van der Waals surface area contributed by atoms with Crippen molar-refractivity contribution in [2.45, 2.75) is 13.0 Å². The van der Waals surface area contributed by atoms with Gasteiger partial charge in [0, 0.05) is 30.0 Å². The van der Waals surface area contributed by atoms with Gasteiger partial charge in [0.15, 0.2) is 0 Å². The molecule has 108 valence electrons. The number of imidazole rings is 1. The van der Waals surface area contributed by atoms with Gasteiger partial charge in [-0.15, -0.1) is 0 Å². The van der Waals surface area contributed by atoms with Crippen molar-refractivity contribution in [2.75, 3.05) is 26.1 Å². The van der Waals surface area contributed by atoms with E-state index in [9.17, 15) is 0 Å². The van der Waals surface area contributed by atoms with Crippen LogP contribution in [0.25, 0.3) is 0 Å². The molecule has 5 nitrogen and oxygen atoms in total. The van der Waals surface area contributed by atoms with Gasteiger partial charge < -0.3 is 19.4 Å². The summed E-state index contributed by atoms with van der Waals surface area (Å²) in [6, 6.07) is 5.96. The van der Waals surface area contributed by atoms with Crippen LogP contribution in [0, 0.1) is 0 Å². The quantitative estimate of drug-likeness (QED) is 0.873. The van der Waals surface area contributed by atoms with Gasteiger partial charge in [-0.25, -0.2) is 4.98 Å². The van der Waals surface area contributed by atoms with E-state index >= 15 is 0 Å². The Morgan fingerprint density at radius 2 is 2.20 bits per heavy atom. The fourth-order valence-corrected chi connectivity index (χ4v) is 2.28. The first-order valence-electron chi connectivity index (χ1n) is 6.28. The van der Waals surface area contributed by atoms with Crippen LogP contribution in [0.3, 0.4) is 0 Å². The van der Waals surface area contributed by atoms with Gasteiger partial charge in [0.2, 0.25) is 5.95 Å². The predicted octanol–water partition coefficient (Wildman–Crippen LogP) is 3.61. The normalized spacial score (nSPS) is 12.2. The molecule has 1 heterocycles. The van der Waals surface area contributed by atoms with E-state index in [-0.39, 0.29) is 6.04 Å². The lowest BCUT2D eigenvalue weighted by Gasteiger charge is -2.17. The molecule has 2 rings (SSSR count). The van der Waals surface area contributed by atoms with Gasteiger partial charge in [-0.3, -0.25) is 0 Å². The number of hydrogen-bond acceptors (Lipinski definition) is 4. The molecule has 0 spiro atoms. The maximum atomic E-state index is 5.24. The molecule has 1 aromatic heterocycles. The summed E-state index contributed by atoms with van der Waals surface area (Å²) in [6.45, 7) is 2.71. The number of methoxy groups -OCH3 is 2. The monoisotopic (exact) mass is 339 g/mol. The van der Waals surface area contributed by atoms with Crippen LogP contribution in [0.15, 0.2) is 35.1 Å². The van der Waals surface area contributed by atoms with E-state index in [4.69, 9.17) is 9.47 Å². The molecule has 0 aliphatic carbocycles. The smallest absolute Gasteiger partial charge is 0.207 e. The average Bonchev–Trinajstić information content (AvgIpc) is 2.90. The molecule has 20 heavy (non-hydrogen) atoms. The summed E-state index contributed by atoms with van der Waals surface area (Å²) in [5.74, 6) is 1.56. The summed E-state index contributed by atoms with van der Waals surface area (Å²) in [7, 11) is 3.34. The van der Waals surface area contributed by atoms with Crippen molar-refractivity contribution >= 4 is 27.6 Å². The maximum Gasteiger partial charge on any atom is 0.207 e. The Hall–Kier alpha value is -1.53. The topological polar surface area (TPSA) is 48.3 Å². The lowest BCUT2D eigenvalue weighted by Crippen LogP contribution is -2.12. The summed E-state index contributed by atoms with van der Waals surface area (Å²) in [5, 5.41) is 3.30. The van der Waals surface area contributed by atoms with Crippen molar-refractivity contribution in [1.29, 1.82) is 0 Å². The van der Waals surface area contributed by atoms with Crippen LogP contribution < -0.4 is 10.1 Å². The zero-order valence-electron chi connectivity index (χ0n) is 11.8. The van der Waals surface area contributed by atoms with Crippen LogP contribution in [0.4, 0.5) is 11.6 Å². The first kappa shape index (κ1) is 14.9. The molecule has 0 saturated heterocycles. The van der Waals surface area contributed by atoms with E-state index < -0.39 is 0 Å². The Balaban J connectivity index is 2.24. The summed E-state index contributed by atoms with van der Waals surface area (Å²) in [6.07, 6.45) is 3.70.